The number of carbonyl (C=O) groups excluding carboxylic acids is 4. The van der Waals surface area contributed by atoms with Crippen LogP contribution in [0.1, 0.15) is 38.0 Å². The number of benzene rings is 3. The lowest BCUT2D eigenvalue weighted by Gasteiger charge is -2.28. The summed E-state index contributed by atoms with van der Waals surface area (Å²) in [5.74, 6) is -3.12. The molecule has 1 aliphatic heterocycles. The fourth-order valence-electron chi connectivity index (χ4n) is 3.60. The second kappa shape index (κ2) is 10.2. The van der Waals surface area contributed by atoms with Gasteiger partial charge in [0, 0.05) is 0 Å². The SMILES string of the molecule is C[C@@]1(OC(=O)c2ccccc2)C(=O)O[C@H](COC(=O)c2ccccc2)C1OC(=O)c1ccccc1. The van der Waals surface area contributed by atoms with Crippen LogP contribution in [0.25, 0.3) is 0 Å². The molecule has 3 aromatic rings. The second-order valence-electron chi connectivity index (χ2n) is 7.96. The predicted octanol–water partition coefficient (Wildman–Crippen LogP) is 3.61. The summed E-state index contributed by atoms with van der Waals surface area (Å²) in [5.41, 5.74) is -1.24. The van der Waals surface area contributed by atoms with Crippen molar-refractivity contribution < 1.29 is 38.1 Å². The lowest BCUT2D eigenvalue weighted by atomic mass is 9.97. The largest absolute Gasteiger partial charge is 0.458 e. The third kappa shape index (κ3) is 5.22. The Morgan fingerprint density at radius 1 is 0.743 bits per heavy atom. The molecule has 0 saturated carbocycles. The molecule has 0 spiro atoms. The average molecular weight is 474 g/mol. The first kappa shape index (κ1) is 23.7. The molecule has 178 valence electrons. The van der Waals surface area contributed by atoms with Gasteiger partial charge in [-0.2, -0.15) is 0 Å². The van der Waals surface area contributed by atoms with Gasteiger partial charge in [0.05, 0.1) is 16.7 Å². The highest BCUT2D eigenvalue weighted by molar-refractivity contribution is 5.95. The number of ether oxygens (including phenoxy) is 4. The quantitative estimate of drug-likeness (QED) is 0.378. The van der Waals surface area contributed by atoms with Gasteiger partial charge >= 0.3 is 23.9 Å². The van der Waals surface area contributed by atoms with Gasteiger partial charge in [-0.25, -0.2) is 19.2 Å². The minimum absolute atomic E-state index is 0.202. The Bertz CT molecular complexity index is 1210. The summed E-state index contributed by atoms with van der Waals surface area (Å²) in [5, 5.41) is 0. The molecule has 0 bridgehead atoms. The minimum Gasteiger partial charge on any atom is -0.458 e. The Balaban J connectivity index is 1.57. The van der Waals surface area contributed by atoms with Gasteiger partial charge in [0.25, 0.3) is 0 Å². The second-order valence-corrected chi connectivity index (χ2v) is 7.96. The van der Waals surface area contributed by atoms with Crippen molar-refractivity contribution in [3.05, 3.63) is 108 Å². The molecule has 0 aliphatic carbocycles. The highest BCUT2D eigenvalue weighted by Gasteiger charge is 2.60. The zero-order valence-corrected chi connectivity index (χ0v) is 18.8. The van der Waals surface area contributed by atoms with Crippen molar-refractivity contribution in [1.82, 2.24) is 0 Å². The molecule has 0 radical (unpaired) electrons. The standard InChI is InChI=1S/C27H22O8/c1-27(35-25(30)20-15-9-4-10-16-20)22(34-24(29)19-13-7-3-8-14-19)21(33-26(27)31)17-32-23(28)18-11-5-2-6-12-18/h2-16,21-22H,17H2,1H3/t21-,22?,27+/m1/s1. The van der Waals surface area contributed by atoms with Crippen LogP contribution in [-0.4, -0.2) is 48.3 Å². The Labute approximate surface area is 201 Å². The van der Waals surface area contributed by atoms with Crippen molar-refractivity contribution in [2.75, 3.05) is 6.61 Å². The van der Waals surface area contributed by atoms with Crippen LogP contribution < -0.4 is 0 Å². The van der Waals surface area contributed by atoms with Crippen molar-refractivity contribution in [2.45, 2.75) is 24.7 Å². The molecule has 1 fully saturated rings. The zero-order chi connectivity index (χ0) is 24.8. The van der Waals surface area contributed by atoms with E-state index in [0.717, 1.165) is 0 Å². The zero-order valence-electron chi connectivity index (χ0n) is 18.8. The topological polar surface area (TPSA) is 105 Å². The van der Waals surface area contributed by atoms with Crippen LogP contribution in [0.4, 0.5) is 0 Å². The van der Waals surface area contributed by atoms with Crippen molar-refractivity contribution in [1.29, 1.82) is 0 Å². The van der Waals surface area contributed by atoms with Crippen LogP contribution in [0.3, 0.4) is 0 Å². The van der Waals surface area contributed by atoms with E-state index in [-0.39, 0.29) is 11.1 Å². The van der Waals surface area contributed by atoms with E-state index in [1.165, 1.54) is 31.2 Å². The molecule has 1 saturated heterocycles. The fraction of sp³-hybridized carbons (Fsp3) is 0.185. The van der Waals surface area contributed by atoms with Crippen LogP contribution >= 0.6 is 0 Å². The number of hydrogen-bond donors (Lipinski definition) is 0. The van der Waals surface area contributed by atoms with Crippen molar-refractivity contribution >= 4 is 23.9 Å². The smallest absolute Gasteiger partial charge is 0.355 e. The Morgan fingerprint density at radius 3 is 1.71 bits per heavy atom. The van der Waals surface area contributed by atoms with E-state index in [1.807, 2.05) is 0 Å². The first-order valence-corrected chi connectivity index (χ1v) is 10.9. The lowest BCUT2D eigenvalue weighted by molar-refractivity contribution is -0.156. The van der Waals surface area contributed by atoms with Crippen molar-refractivity contribution in [3.63, 3.8) is 0 Å². The molecule has 1 unspecified atom stereocenters. The molecule has 0 aromatic heterocycles. The van der Waals surface area contributed by atoms with Gasteiger partial charge < -0.3 is 18.9 Å². The molecule has 4 rings (SSSR count). The van der Waals surface area contributed by atoms with Gasteiger partial charge in [-0.3, -0.25) is 0 Å². The van der Waals surface area contributed by atoms with Gasteiger partial charge in [-0.15, -0.1) is 0 Å². The summed E-state index contributed by atoms with van der Waals surface area (Å²) in [4.78, 5) is 50.9. The van der Waals surface area contributed by atoms with Gasteiger partial charge in [-0.1, -0.05) is 54.6 Å². The molecule has 35 heavy (non-hydrogen) atoms. The number of esters is 4. The van der Waals surface area contributed by atoms with E-state index in [2.05, 4.69) is 0 Å². The number of carbonyl (C=O) groups is 4. The highest BCUT2D eigenvalue weighted by Crippen LogP contribution is 2.34. The number of cyclic esters (lactones) is 1. The normalized spacial score (nSPS) is 21.0. The Morgan fingerprint density at radius 2 is 1.20 bits per heavy atom. The molecule has 1 aliphatic rings. The monoisotopic (exact) mass is 474 g/mol. The lowest BCUT2D eigenvalue weighted by Crippen LogP contribution is -2.50. The van der Waals surface area contributed by atoms with E-state index >= 15 is 0 Å². The Kier molecular flexibility index (Phi) is 6.91. The summed E-state index contributed by atoms with van der Waals surface area (Å²) in [6, 6.07) is 24.4. The molecule has 8 nitrogen and oxygen atoms in total. The van der Waals surface area contributed by atoms with Crippen LogP contribution in [0.15, 0.2) is 91.0 Å². The summed E-state index contributed by atoms with van der Waals surface area (Å²) >= 11 is 0. The maximum atomic E-state index is 12.9. The third-order valence-corrected chi connectivity index (χ3v) is 5.49. The van der Waals surface area contributed by atoms with Crippen molar-refractivity contribution in [2.24, 2.45) is 0 Å². The third-order valence-electron chi connectivity index (χ3n) is 5.49. The van der Waals surface area contributed by atoms with E-state index < -0.39 is 48.3 Å². The van der Waals surface area contributed by atoms with Gasteiger partial charge in [-0.05, 0) is 43.3 Å². The molecule has 0 amide bonds. The molecule has 0 N–H and O–H groups in total. The minimum atomic E-state index is -1.97. The molecular weight excluding hydrogens is 452 g/mol. The predicted molar refractivity (Wildman–Crippen MR) is 123 cm³/mol. The van der Waals surface area contributed by atoms with Gasteiger partial charge in [0.15, 0.2) is 12.2 Å². The summed E-state index contributed by atoms with van der Waals surface area (Å²) in [7, 11) is 0. The van der Waals surface area contributed by atoms with Gasteiger partial charge in [0.2, 0.25) is 5.60 Å². The molecule has 3 atom stereocenters. The molecule has 8 heteroatoms. The van der Waals surface area contributed by atoms with E-state index in [1.54, 1.807) is 66.7 Å². The molecular formula is C27H22O8. The molecule has 3 aromatic carbocycles. The maximum absolute atomic E-state index is 12.9. The maximum Gasteiger partial charge on any atom is 0.355 e. The summed E-state index contributed by atoms with van der Waals surface area (Å²) in [6.07, 6.45) is -2.57. The van der Waals surface area contributed by atoms with Crippen LogP contribution in [0.2, 0.25) is 0 Å². The van der Waals surface area contributed by atoms with E-state index in [9.17, 15) is 19.2 Å². The van der Waals surface area contributed by atoms with Crippen LogP contribution in [-0.2, 0) is 23.7 Å². The van der Waals surface area contributed by atoms with Gasteiger partial charge in [0.1, 0.15) is 6.61 Å². The summed E-state index contributed by atoms with van der Waals surface area (Å²) in [6.45, 7) is 0.892. The van der Waals surface area contributed by atoms with Crippen molar-refractivity contribution in [3.8, 4) is 0 Å². The summed E-state index contributed by atoms with van der Waals surface area (Å²) < 4.78 is 21.8. The Hall–Kier alpha value is -4.46. The van der Waals surface area contributed by atoms with Crippen LogP contribution in [0, 0.1) is 0 Å². The average Bonchev–Trinajstić information content (AvgIpc) is 3.12. The first-order valence-electron chi connectivity index (χ1n) is 10.9. The van der Waals surface area contributed by atoms with E-state index in [0.29, 0.717) is 5.56 Å². The van der Waals surface area contributed by atoms with Crippen LogP contribution in [0.5, 0.6) is 0 Å². The molecule has 1 heterocycles. The van der Waals surface area contributed by atoms with E-state index in [4.69, 9.17) is 18.9 Å². The highest BCUT2D eigenvalue weighted by atomic mass is 16.7. The number of hydrogen-bond acceptors (Lipinski definition) is 8. The fourth-order valence-corrected chi connectivity index (χ4v) is 3.60. The first-order chi connectivity index (χ1) is 16.9. The number of rotatable bonds is 7.